The van der Waals surface area contributed by atoms with Crippen LogP contribution in [0.5, 0.6) is 0 Å². The summed E-state index contributed by atoms with van der Waals surface area (Å²) in [6.07, 6.45) is 3.95. The van der Waals surface area contributed by atoms with E-state index < -0.39 is 0 Å². The molecule has 3 aliphatic heterocycles. The number of hydrogen-bond acceptors (Lipinski definition) is 4. The third-order valence-electron chi connectivity index (χ3n) is 3.81. The highest BCUT2D eigenvalue weighted by atomic mass is 28.1. The fourth-order valence-electron chi connectivity index (χ4n) is 3.27. The van der Waals surface area contributed by atoms with Crippen LogP contribution in [-0.2, 0) is 19.0 Å². The summed E-state index contributed by atoms with van der Waals surface area (Å²) in [6, 6.07) is 0. The van der Waals surface area contributed by atoms with Crippen LogP contribution in [0.25, 0.3) is 0 Å². The van der Waals surface area contributed by atoms with Crippen molar-refractivity contribution in [1.82, 2.24) is 0 Å². The van der Waals surface area contributed by atoms with Gasteiger partial charge in [-0.2, -0.15) is 0 Å². The lowest BCUT2D eigenvalue weighted by molar-refractivity contribution is -0.137. The molecular weight excluding hydrogens is 212 g/mol. The lowest BCUT2D eigenvalue weighted by atomic mass is 9.72. The number of carbonyl (C=O) groups is 1. The van der Waals surface area contributed by atoms with Crippen molar-refractivity contribution in [1.29, 1.82) is 0 Å². The standard InChI is InChI=1S/C10H16O4Si/c11-8-3-10(4-12-8)2-6-1-7(13-5-15)9(10)14-6/h6-7,9H,1-5H2,15H3. The van der Waals surface area contributed by atoms with Crippen molar-refractivity contribution in [3.63, 3.8) is 0 Å². The first kappa shape index (κ1) is 9.81. The zero-order chi connectivity index (χ0) is 10.5. The van der Waals surface area contributed by atoms with E-state index in [2.05, 4.69) is 0 Å². The van der Waals surface area contributed by atoms with E-state index in [-0.39, 0.29) is 23.6 Å². The summed E-state index contributed by atoms with van der Waals surface area (Å²) in [5, 5.41) is 0. The first-order valence-corrected chi connectivity index (χ1v) is 7.07. The fraction of sp³-hybridized carbons (Fsp3) is 0.900. The normalized spacial score (nSPS) is 48.0. The van der Waals surface area contributed by atoms with Crippen LogP contribution < -0.4 is 0 Å². The first-order valence-electron chi connectivity index (χ1n) is 5.66. The molecule has 3 heterocycles. The Morgan fingerprint density at radius 2 is 2.47 bits per heavy atom. The van der Waals surface area contributed by atoms with Gasteiger partial charge in [-0.15, -0.1) is 0 Å². The molecule has 1 spiro atoms. The second-order valence-corrected chi connectivity index (χ2v) is 5.39. The zero-order valence-electron chi connectivity index (χ0n) is 8.90. The molecule has 0 aromatic rings. The van der Waals surface area contributed by atoms with Crippen molar-refractivity contribution in [3.05, 3.63) is 0 Å². The second kappa shape index (κ2) is 3.30. The van der Waals surface area contributed by atoms with Crippen LogP contribution >= 0.6 is 0 Å². The molecule has 4 atom stereocenters. The van der Waals surface area contributed by atoms with Gasteiger partial charge in [0.2, 0.25) is 0 Å². The largest absolute Gasteiger partial charge is 0.465 e. The maximum absolute atomic E-state index is 11.2. The Hall–Kier alpha value is -0.393. The highest BCUT2D eigenvalue weighted by Gasteiger charge is 2.61. The van der Waals surface area contributed by atoms with Crippen molar-refractivity contribution in [2.75, 3.05) is 12.8 Å². The van der Waals surface area contributed by atoms with E-state index in [9.17, 15) is 4.79 Å². The summed E-state index contributed by atoms with van der Waals surface area (Å²) in [4.78, 5) is 11.2. The van der Waals surface area contributed by atoms with Crippen LogP contribution in [0.3, 0.4) is 0 Å². The molecule has 0 amide bonds. The quantitative estimate of drug-likeness (QED) is 0.458. The molecule has 4 unspecified atom stereocenters. The van der Waals surface area contributed by atoms with E-state index in [0.29, 0.717) is 19.1 Å². The molecule has 3 fully saturated rings. The van der Waals surface area contributed by atoms with Crippen LogP contribution in [0.15, 0.2) is 0 Å². The molecule has 84 valence electrons. The molecule has 3 aliphatic rings. The van der Waals surface area contributed by atoms with E-state index in [0.717, 1.165) is 29.3 Å². The number of fused-ring (bicyclic) bond motifs is 3. The summed E-state index contributed by atoms with van der Waals surface area (Å²) in [5.41, 5.74) is -0.0542. The van der Waals surface area contributed by atoms with E-state index in [1.165, 1.54) is 0 Å². The smallest absolute Gasteiger partial charge is 0.306 e. The molecule has 15 heavy (non-hydrogen) atoms. The van der Waals surface area contributed by atoms with Gasteiger partial charge in [0.1, 0.15) is 6.61 Å². The van der Waals surface area contributed by atoms with Crippen molar-refractivity contribution >= 4 is 16.2 Å². The molecular formula is C10H16O4Si. The monoisotopic (exact) mass is 228 g/mol. The van der Waals surface area contributed by atoms with Gasteiger partial charge < -0.3 is 14.2 Å². The lowest BCUT2D eigenvalue weighted by Gasteiger charge is -2.32. The number of cyclic esters (lactones) is 1. The van der Waals surface area contributed by atoms with Gasteiger partial charge in [0.25, 0.3) is 0 Å². The maximum atomic E-state index is 11.2. The molecule has 5 heteroatoms. The molecule has 3 saturated heterocycles. The van der Waals surface area contributed by atoms with Crippen molar-refractivity contribution < 1.29 is 19.0 Å². The van der Waals surface area contributed by atoms with Crippen LogP contribution in [0, 0.1) is 5.41 Å². The molecule has 0 aromatic heterocycles. The average Bonchev–Trinajstić information content (AvgIpc) is 2.82. The van der Waals surface area contributed by atoms with Crippen LogP contribution in [0.4, 0.5) is 0 Å². The minimum Gasteiger partial charge on any atom is -0.465 e. The third-order valence-corrected chi connectivity index (χ3v) is 4.14. The highest BCUT2D eigenvalue weighted by Crippen LogP contribution is 2.53. The Kier molecular flexibility index (Phi) is 2.16. The number of hydrogen-bond donors (Lipinski definition) is 0. The summed E-state index contributed by atoms with van der Waals surface area (Å²) in [5.74, 6) is -0.0734. The Morgan fingerprint density at radius 3 is 3.07 bits per heavy atom. The van der Waals surface area contributed by atoms with Crippen LogP contribution in [-0.4, -0.2) is 47.4 Å². The summed E-state index contributed by atoms with van der Waals surface area (Å²) in [6.45, 7) is 0.536. The molecule has 3 rings (SSSR count). The van der Waals surface area contributed by atoms with Crippen LogP contribution in [0.2, 0.25) is 0 Å². The van der Waals surface area contributed by atoms with Crippen LogP contribution in [0.1, 0.15) is 19.3 Å². The van der Waals surface area contributed by atoms with E-state index >= 15 is 0 Å². The highest BCUT2D eigenvalue weighted by molar-refractivity contribution is 6.08. The van der Waals surface area contributed by atoms with Gasteiger partial charge in [-0.3, -0.25) is 4.79 Å². The van der Waals surface area contributed by atoms with Gasteiger partial charge in [-0.05, 0) is 6.42 Å². The maximum Gasteiger partial charge on any atom is 0.306 e. The van der Waals surface area contributed by atoms with Gasteiger partial charge in [0.05, 0.1) is 24.7 Å². The minimum absolute atomic E-state index is 0.0542. The zero-order valence-corrected chi connectivity index (χ0v) is 10.9. The molecule has 4 nitrogen and oxygen atoms in total. The van der Waals surface area contributed by atoms with E-state index in [4.69, 9.17) is 14.2 Å². The molecule has 0 N–H and O–H groups in total. The Bertz CT molecular complexity index is 295. The van der Waals surface area contributed by atoms with Gasteiger partial charge in [-0.1, -0.05) is 0 Å². The number of rotatable bonds is 2. The van der Waals surface area contributed by atoms with Crippen molar-refractivity contribution in [2.45, 2.75) is 37.6 Å². The topological polar surface area (TPSA) is 44.8 Å². The van der Waals surface area contributed by atoms with E-state index in [1.807, 2.05) is 0 Å². The fourth-order valence-corrected chi connectivity index (χ4v) is 3.70. The second-order valence-electron chi connectivity index (χ2n) is 4.81. The Balaban J connectivity index is 1.79. The first-order chi connectivity index (χ1) is 7.23. The number of ether oxygens (including phenoxy) is 3. The van der Waals surface area contributed by atoms with Crippen molar-refractivity contribution in [3.8, 4) is 0 Å². The summed E-state index contributed by atoms with van der Waals surface area (Å²) in [7, 11) is 1.06. The molecule has 0 radical (unpaired) electrons. The molecule has 2 bridgehead atoms. The molecule has 0 aliphatic carbocycles. The Morgan fingerprint density at radius 1 is 1.60 bits per heavy atom. The van der Waals surface area contributed by atoms with Crippen molar-refractivity contribution in [2.24, 2.45) is 5.41 Å². The summed E-state index contributed by atoms with van der Waals surface area (Å²) >= 11 is 0. The van der Waals surface area contributed by atoms with Gasteiger partial charge in [0.15, 0.2) is 0 Å². The molecule has 0 aromatic carbocycles. The number of esters is 1. The third kappa shape index (κ3) is 1.37. The number of carbonyl (C=O) groups excluding carboxylic acids is 1. The predicted molar refractivity (Wildman–Crippen MR) is 55.6 cm³/mol. The molecule has 0 saturated carbocycles. The lowest BCUT2D eigenvalue weighted by Crippen LogP contribution is -2.43. The van der Waals surface area contributed by atoms with E-state index in [1.54, 1.807) is 0 Å². The van der Waals surface area contributed by atoms with Gasteiger partial charge in [0, 0.05) is 28.3 Å². The Labute approximate surface area is 91.7 Å². The minimum atomic E-state index is -0.0734. The predicted octanol–water partition coefficient (Wildman–Crippen LogP) is -0.811. The van der Waals surface area contributed by atoms with Gasteiger partial charge in [-0.25, -0.2) is 0 Å². The van der Waals surface area contributed by atoms with Gasteiger partial charge >= 0.3 is 5.97 Å². The summed E-state index contributed by atoms with van der Waals surface area (Å²) < 4.78 is 16.7. The SMILES string of the molecule is O=C1CC2(CO1)CC1CC(OC[SiH3])C2O1. The average molecular weight is 228 g/mol.